The Balaban J connectivity index is 2.37. The van der Waals surface area contributed by atoms with Crippen LogP contribution in [0.2, 0.25) is 0 Å². The van der Waals surface area contributed by atoms with E-state index in [1.807, 2.05) is 0 Å². The van der Waals surface area contributed by atoms with Crippen LogP contribution in [-0.4, -0.2) is 45.1 Å². The molecule has 1 heterocycles. The molecule has 1 aliphatic heterocycles. The van der Waals surface area contributed by atoms with Gasteiger partial charge in [0, 0.05) is 19.6 Å². The van der Waals surface area contributed by atoms with E-state index in [4.69, 9.17) is 10.5 Å². The van der Waals surface area contributed by atoms with Gasteiger partial charge in [-0.2, -0.15) is 4.31 Å². The third-order valence-corrected chi connectivity index (χ3v) is 4.80. The number of hydrogen-bond acceptors (Lipinski definition) is 4. The Hall–Kier alpha value is -1.09. The maximum atomic E-state index is 13.6. The van der Waals surface area contributed by atoms with Crippen LogP contribution in [0.4, 0.5) is 8.78 Å². The Morgan fingerprint density at radius 1 is 1.37 bits per heavy atom. The molecule has 1 aromatic rings. The fourth-order valence-corrected chi connectivity index (χ4v) is 3.48. The van der Waals surface area contributed by atoms with Gasteiger partial charge in [-0.15, -0.1) is 0 Å². The quantitative estimate of drug-likeness (QED) is 0.870. The van der Waals surface area contributed by atoms with E-state index in [2.05, 4.69) is 0 Å². The Kier molecular flexibility index (Phi) is 4.14. The van der Waals surface area contributed by atoms with Crippen molar-refractivity contribution in [3.8, 4) is 0 Å². The van der Waals surface area contributed by atoms with E-state index in [1.54, 1.807) is 0 Å². The van der Waals surface area contributed by atoms with Crippen LogP contribution >= 0.6 is 0 Å². The van der Waals surface area contributed by atoms with Crippen molar-refractivity contribution < 1.29 is 21.9 Å². The SMILES string of the molecule is NCC1CN(S(=O)(=O)c2c(F)cccc2F)CCO1. The highest BCUT2D eigenvalue weighted by molar-refractivity contribution is 7.89. The molecule has 1 atom stereocenters. The molecular formula is C11H14F2N2O3S. The number of benzene rings is 1. The Morgan fingerprint density at radius 2 is 2.00 bits per heavy atom. The van der Waals surface area contributed by atoms with Gasteiger partial charge in [-0.1, -0.05) is 6.07 Å². The number of hydrogen-bond donors (Lipinski definition) is 1. The molecule has 1 aromatic carbocycles. The average Bonchev–Trinajstić information content (AvgIpc) is 2.38. The zero-order chi connectivity index (χ0) is 14.0. The van der Waals surface area contributed by atoms with E-state index in [0.717, 1.165) is 22.5 Å². The van der Waals surface area contributed by atoms with Crippen LogP contribution < -0.4 is 5.73 Å². The van der Waals surface area contributed by atoms with E-state index >= 15 is 0 Å². The van der Waals surface area contributed by atoms with Gasteiger partial charge in [0.05, 0.1) is 12.7 Å². The van der Waals surface area contributed by atoms with Crippen LogP contribution in [0.1, 0.15) is 0 Å². The molecule has 106 valence electrons. The number of morpholine rings is 1. The molecule has 0 amide bonds. The standard InChI is InChI=1S/C11H14F2N2O3S/c12-9-2-1-3-10(13)11(9)19(16,17)15-4-5-18-8(6-14)7-15/h1-3,8H,4-7,14H2. The van der Waals surface area contributed by atoms with Gasteiger partial charge in [-0.25, -0.2) is 17.2 Å². The van der Waals surface area contributed by atoms with Crippen molar-refractivity contribution in [3.05, 3.63) is 29.8 Å². The lowest BCUT2D eigenvalue weighted by Crippen LogP contribution is -2.48. The van der Waals surface area contributed by atoms with E-state index < -0.39 is 32.7 Å². The molecule has 5 nitrogen and oxygen atoms in total. The van der Waals surface area contributed by atoms with Gasteiger partial charge in [-0.05, 0) is 12.1 Å². The van der Waals surface area contributed by atoms with Gasteiger partial charge in [0.25, 0.3) is 0 Å². The van der Waals surface area contributed by atoms with Crippen molar-refractivity contribution in [2.45, 2.75) is 11.0 Å². The Labute approximate surface area is 110 Å². The highest BCUT2D eigenvalue weighted by Crippen LogP contribution is 2.23. The maximum Gasteiger partial charge on any atom is 0.249 e. The van der Waals surface area contributed by atoms with Gasteiger partial charge in [0.1, 0.15) is 11.6 Å². The number of sulfonamides is 1. The molecule has 1 fully saturated rings. The number of halogens is 2. The van der Waals surface area contributed by atoms with Crippen molar-refractivity contribution in [2.75, 3.05) is 26.2 Å². The van der Waals surface area contributed by atoms with E-state index in [9.17, 15) is 17.2 Å². The summed E-state index contributed by atoms with van der Waals surface area (Å²) >= 11 is 0. The number of nitrogens with two attached hydrogens (primary N) is 1. The second-order valence-electron chi connectivity index (χ2n) is 4.14. The molecule has 0 aromatic heterocycles. The molecule has 2 N–H and O–H groups in total. The van der Waals surface area contributed by atoms with E-state index in [-0.39, 0.29) is 26.2 Å². The van der Waals surface area contributed by atoms with Crippen molar-refractivity contribution in [3.63, 3.8) is 0 Å². The fourth-order valence-electron chi connectivity index (χ4n) is 1.91. The lowest BCUT2D eigenvalue weighted by molar-refractivity contribution is 0.00438. The normalized spacial score (nSPS) is 21.5. The molecule has 8 heteroatoms. The first-order valence-corrected chi connectivity index (χ1v) is 7.16. The monoisotopic (exact) mass is 292 g/mol. The van der Waals surface area contributed by atoms with Crippen molar-refractivity contribution in [1.82, 2.24) is 4.31 Å². The number of rotatable bonds is 3. The molecule has 1 aliphatic rings. The van der Waals surface area contributed by atoms with Gasteiger partial charge in [-0.3, -0.25) is 0 Å². The summed E-state index contributed by atoms with van der Waals surface area (Å²) in [5.41, 5.74) is 5.41. The molecule has 2 rings (SSSR count). The maximum absolute atomic E-state index is 13.6. The summed E-state index contributed by atoms with van der Waals surface area (Å²) in [6.45, 7) is 0.335. The molecule has 1 unspecified atom stereocenters. The molecular weight excluding hydrogens is 278 g/mol. The molecule has 0 aliphatic carbocycles. The van der Waals surface area contributed by atoms with Crippen molar-refractivity contribution in [1.29, 1.82) is 0 Å². The van der Waals surface area contributed by atoms with Crippen LogP contribution in [0.3, 0.4) is 0 Å². The zero-order valence-corrected chi connectivity index (χ0v) is 10.9. The van der Waals surface area contributed by atoms with Crippen LogP contribution in [0.15, 0.2) is 23.1 Å². The summed E-state index contributed by atoms with van der Waals surface area (Å²) in [5.74, 6) is -2.20. The smallest absolute Gasteiger partial charge is 0.249 e. The van der Waals surface area contributed by atoms with Crippen LogP contribution in [-0.2, 0) is 14.8 Å². The summed E-state index contributed by atoms with van der Waals surface area (Å²) in [6.07, 6.45) is -0.460. The fraction of sp³-hybridized carbons (Fsp3) is 0.455. The van der Waals surface area contributed by atoms with Gasteiger partial charge in [0.15, 0.2) is 4.90 Å². The molecule has 1 saturated heterocycles. The second-order valence-corrected chi connectivity index (χ2v) is 6.02. The van der Waals surface area contributed by atoms with Crippen LogP contribution in [0, 0.1) is 11.6 Å². The minimum atomic E-state index is -4.22. The number of ether oxygens (including phenoxy) is 1. The zero-order valence-electron chi connectivity index (χ0n) is 10.1. The Morgan fingerprint density at radius 3 is 2.58 bits per heavy atom. The summed E-state index contributed by atoms with van der Waals surface area (Å²) < 4.78 is 57.9. The summed E-state index contributed by atoms with van der Waals surface area (Å²) in [4.78, 5) is -0.923. The highest BCUT2D eigenvalue weighted by Gasteiger charge is 2.34. The summed E-state index contributed by atoms with van der Waals surface area (Å²) in [7, 11) is -4.22. The molecule has 19 heavy (non-hydrogen) atoms. The average molecular weight is 292 g/mol. The minimum Gasteiger partial charge on any atom is -0.374 e. The summed E-state index contributed by atoms with van der Waals surface area (Å²) in [6, 6.07) is 2.94. The van der Waals surface area contributed by atoms with Gasteiger partial charge in [0.2, 0.25) is 10.0 Å². The third-order valence-electron chi connectivity index (χ3n) is 2.88. The first-order chi connectivity index (χ1) is 8.96. The van der Waals surface area contributed by atoms with Crippen LogP contribution in [0.25, 0.3) is 0 Å². The van der Waals surface area contributed by atoms with Crippen molar-refractivity contribution in [2.24, 2.45) is 5.73 Å². The van der Waals surface area contributed by atoms with Crippen molar-refractivity contribution >= 4 is 10.0 Å². The molecule has 0 saturated carbocycles. The molecule has 0 radical (unpaired) electrons. The Bertz CT molecular complexity index is 545. The van der Waals surface area contributed by atoms with E-state index in [0.29, 0.717) is 0 Å². The minimum absolute atomic E-state index is 0.00733. The van der Waals surface area contributed by atoms with Gasteiger partial charge < -0.3 is 10.5 Å². The first kappa shape index (κ1) is 14.3. The first-order valence-electron chi connectivity index (χ1n) is 5.72. The van der Waals surface area contributed by atoms with Crippen LogP contribution in [0.5, 0.6) is 0 Å². The lowest BCUT2D eigenvalue weighted by atomic mass is 10.3. The number of nitrogens with zero attached hydrogens (tertiary/aromatic N) is 1. The second kappa shape index (κ2) is 5.49. The summed E-state index contributed by atoms with van der Waals surface area (Å²) in [5, 5.41) is 0. The predicted molar refractivity (Wildman–Crippen MR) is 63.9 cm³/mol. The molecule has 0 spiro atoms. The predicted octanol–water partition coefficient (Wildman–Crippen LogP) is 0.313. The molecule has 0 bridgehead atoms. The van der Waals surface area contributed by atoms with E-state index in [1.165, 1.54) is 0 Å². The largest absolute Gasteiger partial charge is 0.374 e. The topological polar surface area (TPSA) is 72.6 Å². The third kappa shape index (κ3) is 2.76. The highest BCUT2D eigenvalue weighted by atomic mass is 32.2. The lowest BCUT2D eigenvalue weighted by Gasteiger charge is -2.31. The van der Waals surface area contributed by atoms with Gasteiger partial charge >= 0.3 is 0 Å².